The number of rotatable bonds is 4. The van der Waals surface area contributed by atoms with Crippen LogP contribution >= 0.6 is 23.8 Å². The van der Waals surface area contributed by atoms with Crippen LogP contribution in [-0.2, 0) is 0 Å². The van der Waals surface area contributed by atoms with Crippen molar-refractivity contribution in [3.63, 3.8) is 0 Å². The topological polar surface area (TPSA) is 46.0 Å². The van der Waals surface area contributed by atoms with Gasteiger partial charge in [-0.05, 0) is 61.5 Å². The second-order valence-corrected chi connectivity index (χ2v) is 8.43. The van der Waals surface area contributed by atoms with Crippen LogP contribution in [0.1, 0.15) is 49.2 Å². The van der Waals surface area contributed by atoms with Crippen molar-refractivity contribution in [3.05, 3.63) is 77.5 Å². The van der Waals surface area contributed by atoms with Gasteiger partial charge >= 0.3 is 0 Å². The van der Waals surface area contributed by atoms with E-state index in [0.717, 1.165) is 22.3 Å². The quantitative estimate of drug-likeness (QED) is 0.608. The summed E-state index contributed by atoms with van der Waals surface area (Å²) in [7, 11) is 0. The highest BCUT2D eigenvalue weighted by atomic mass is 35.5. The zero-order chi connectivity index (χ0) is 19.8. The molecule has 2 fully saturated rings. The van der Waals surface area contributed by atoms with Crippen LogP contribution in [0.3, 0.4) is 0 Å². The van der Waals surface area contributed by atoms with Crippen molar-refractivity contribution in [3.8, 4) is 5.82 Å². The van der Waals surface area contributed by atoms with Crippen LogP contribution in [0.4, 0.5) is 0 Å². The van der Waals surface area contributed by atoms with Gasteiger partial charge in [0.2, 0.25) is 0 Å². The number of nitrogens with zero attached hydrogens (tertiary/aromatic N) is 4. The molecule has 0 radical (unpaired) electrons. The molecule has 29 heavy (non-hydrogen) atoms. The lowest BCUT2D eigenvalue weighted by Gasteiger charge is -2.33. The maximum Gasteiger partial charge on any atom is 0.170 e. The highest BCUT2D eigenvalue weighted by Gasteiger charge is 2.44. The number of hydrogen-bond acceptors (Lipinski definition) is 3. The first-order valence-corrected chi connectivity index (χ1v) is 10.8. The van der Waals surface area contributed by atoms with Crippen LogP contribution in [0.25, 0.3) is 5.82 Å². The lowest BCUT2D eigenvalue weighted by Crippen LogP contribution is -2.38. The van der Waals surface area contributed by atoms with Gasteiger partial charge in [0.25, 0.3) is 0 Å². The van der Waals surface area contributed by atoms with Gasteiger partial charge in [-0.1, -0.05) is 30.5 Å². The summed E-state index contributed by atoms with van der Waals surface area (Å²) in [5.41, 5.74) is 2.15. The van der Waals surface area contributed by atoms with Gasteiger partial charge in [-0.25, -0.2) is 4.98 Å². The number of nitrogens with one attached hydrogen (secondary N) is 1. The van der Waals surface area contributed by atoms with Crippen LogP contribution in [0.5, 0.6) is 0 Å². The van der Waals surface area contributed by atoms with Gasteiger partial charge in [-0.3, -0.25) is 4.98 Å². The molecule has 1 aliphatic heterocycles. The highest BCUT2D eigenvalue weighted by molar-refractivity contribution is 7.80. The zero-order valence-electron chi connectivity index (χ0n) is 15.9. The molecule has 3 aromatic rings. The molecular formula is C22H22ClN5S. The predicted molar refractivity (Wildman–Crippen MR) is 118 cm³/mol. The summed E-state index contributed by atoms with van der Waals surface area (Å²) in [6, 6.07) is 14.6. The molecule has 148 valence electrons. The Kier molecular flexibility index (Phi) is 4.97. The molecular weight excluding hydrogens is 402 g/mol. The van der Waals surface area contributed by atoms with Crippen LogP contribution in [0.15, 0.2) is 61.1 Å². The van der Waals surface area contributed by atoms with E-state index in [-0.39, 0.29) is 12.1 Å². The summed E-state index contributed by atoms with van der Waals surface area (Å²) in [6.45, 7) is 0. The molecule has 1 saturated heterocycles. The normalized spacial score (nSPS) is 22.2. The van der Waals surface area contributed by atoms with E-state index in [1.54, 1.807) is 6.20 Å². The zero-order valence-corrected chi connectivity index (χ0v) is 17.5. The largest absolute Gasteiger partial charge is 0.352 e. The Morgan fingerprint density at radius 3 is 2.62 bits per heavy atom. The third kappa shape index (κ3) is 3.40. The molecule has 2 atom stereocenters. The van der Waals surface area contributed by atoms with Crippen LogP contribution < -0.4 is 5.32 Å². The Bertz CT molecular complexity index is 998. The maximum atomic E-state index is 6.06. The predicted octanol–water partition coefficient (Wildman–Crippen LogP) is 4.84. The molecule has 2 aliphatic rings. The van der Waals surface area contributed by atoms with E-state index < -0.39 is 0 Å². The van der Waals surface area contributed by atoms with Gasteiger partial charge < -0.3 is 14.8 Å². The third-order valence-corrected chi connectivity index (χ3v) is 6.45. The molecule has 1 saturated carbocycles. The van der Waals surface area contributed by atoms with Gasteiger partial charge in [-0.2, -0.15) is 0 Å². The summed E-state index contributed by atoms with van der Waals surface area (Å²) in [6.07, 6.45) is 10.4. The number of thiocarbonyl (C=S) groups is 1. The van der Waals surface area contributed by atoms with Gasteiger partial charge in [0.15, 0.2) is 5.11 Å². The fourth-order valence-corrected chi connectivity index (χ4v) is 5.11. The Hall–Kier alpha value is -2.44. The molecule has 1 aliphatic carbocycles. The van der Waals surface area contributed by atoms with E-state index in [4.69, 9.17) is 23.8 Å². The van der Waals surface area contributed by atoms with E-state index in [9.17, 15) is 0 Å². The minimum Gasteiger partial charge on any atom is -0.352 e. The Morgan fingerprint density at radius 1 is 1.03 bits per heavy atom. The summed E-state index contributed by atoms with van der Waals surface area (Å²) >= 11 is 11.9. The van der Waals surface area contributed by atoms with Gasteiger partial charge in [0.1, 0.15) is 5.82 Å². The molecule has 1 N–H and O–H groups in total. The lowest BCUT2D eigenvalue weighted by atomic mass is 9.99. The Labute approximate surface area is 180 Å². The second-order valence-electron chi connectivity index (χ2n) is 7.61. The summed E-state index contributed by atoms with van der Waals surface area (Å²) in [4.78, 5) is 11.6. The summed E-state index contributed by atoms with van der Waals surface area (Å²) in [5, 5.41) is 5.01. The molecule has 0 unspecified atom stereocenters. The van der Waals surface area contributed by atoms with Crippen LogP contribution in [0.2, 0.25) is 5.02 Å². The minimum atomic E-state index is -0.00903. The van der Waals surface area contributed by atoms with Gasteiger partial charge in [0, 0.05) is 30.3 Å². The molecule has 4 heterocycles. The Balaban J connectivity index is 1.61. The molecule has 0 spiro atoms. The van der Waals surface area contributed by atoms with E-state index in [1.165, 1.54) is 25.7 Å². The molecule has 3 aromatic heterocycles. The summed E-state index contributed by atoms with van der Waals surface area (Å²) < 4.78 is 2.13. The van der Waals surface area contributed by atoms with E-state index in [1.807, 2.05) is 30.5 Å². The number of halogens is 1. The average Bonchev–Trinajstić information content (AvgIpc) is 3.48. The van der Waals surface area contributed by atoms with Gasteiger partial charge in [-0.15, -0.1) is 0 Å². The fraction of sp³-hybridized carbons (Fsp3) is 0.318. The lowest BCUT2D eigenvalue weighted by molar-refractivity contribution is 0.239. The van der Waals surface area contributed by atoms with Crippen molar-refractivity contribution < 1.29 is 0 Å². The molecule has 5 rings (SSSR count). The van der Waals surface area contributed by atoms with Crippen LogP contribution in [0, 0.1) is 0 Å². The number of pyridine rings is 2. The van der Waals surface area contributed by atoms with Crippen molar-refractivity contribution in [2.75, 3.05) is 0 Å². The van der Waals surface area contributed by atoms with E-state index in [0.29, 0.717) is 11.1 Å². The SMILES string of the molecule is S=C1N[C@@H](c2ccccn2)[C@@H](c2cccn2-c2ccc(Cl)cn2)N1C1CCCC1. The molecule has 5 nitrogen and oxygen atoms in total. The van der Waals surface area contributed by atoms with Gasteiger partial charge in [0.05, 0.1) is 22.8 Å². The first kappa shape index (κ1) is 18.6. The van der Waals surface area contributed by atoms with Crippen molar-refractivity contribution in [2.45, 2.75) is 43.8 Å². The molecule has 0 amide bonds. The van der Waals surface area contributed by atoms with Crippen LogP contribution in [-0.4, -0.2) is 30.6 Å². The minimum absolute atomic E-state index is 0.00903. The number of aromatic nitrogens is 3. The van der Waals surface area contributed by atoms with Crippen molar-refractivity contribution in [1.29, 1.82) is 0 Å². The average molecular weight is 424 g/mol. The standard InChI is InChI=1S/C22H22ClN5S/c23-15-10-11-19(25-14-15)27-13-5-9-18(27)21-20(17-8-3-4-12-24-17)26-22(29)28(21)16-6-1-2-7-16/h3-5,8-14,16,20-21H,1-2,6-7H2,(H,26,29)/t20-,21+/m0/s1. The first-order chi connectivity index (χ1) is 14.2. The number of hydrogen-bond donors (Lipinski definition) is 1. The van der Waals surface area contributed by atoms with Crippen molar-refractivity contribution in [1.82, 2.24) is 24.8 Å². The third-order valence-electron chi connectivity index (χ3n) is 5.90. The second kappa shape index (κ2) is 7.76. The fourth-order valence-electron chi connectivity index (χ4n) is 4.61. The van der Waals surface area contributed by atoms with Crippen molar-refractivity contribution in [2.24, 2.45) is 0 Å². The van der Waals surface area contributed by atoms with Crippen molar-refractivity contribution >= 4 is 28.9 Å². The maximum absolute atomic E-state index is 6.06. The monoisotopic (exact) mass is 423 g/mol. The van der Waals surface area contributed by atoms with E-state index >= 15 is 0 Å². The Morgan fingerprint density at radius 2 is 1.90 bits per heavy atom. The molecule has 0 bridgehead atoms. The molecule has 0 aromatic carbocycles. The summed E-state index contributed by atoms with van der Waals surface area (Å²) in [5.74, 6) is 0.846. The molecule has 7 heteroatoms. The highest BCUT2D eigenvalue weighted by Crippen LogP contribution is 2.43. The smallest absolute Gasteiger partial charge is 0.170 e. The first-order valence-electron chi connectivity index (χ1n) is 10.0. The van der Waals surface area contributed by atoms with E-state index in [2.05, 4.69) is 49.1 Å².